The second kappa shape index (κ2) is 6.20. The number of halogens is 3. The van der Waals surface area contributed by atoms with Gasteiger partial charge in [0.25, 0.3) is 0 Å². The highest BCUT2D eigenvalue weighted by molar-refractivity contribution is 9.10. The van der Waals surface area contributed by atoms with Gasteiger partial charge in [0.05, 0.1) is 4.90 Å². The largest absolute Gasteiger partial charge is 0.367 e. The van der Waals surface area contributed by atoms with E-state index in [-0.39, 0.29) is 4.90 Å². The van der Waals surface area contributed by atoms with Crippen molar-refractivity contribution < 1.29 is 17.2 Å². The van der Waals surface area contributed by atoms with Crippen LogP contribution < -0.4 is 4.90 Å². The average molecular weight is 402 g/mol. The molecular formula is C16H14BrF2NO2S. The second-order valence-electron chi connectivity index (χ2n) is 5.35. The zero-order valence-corrected chi connectivity index (χ0v) is 14.4. The van der Waals surface area contributed by atoms with E-state index < -0.39 is 15.6 Å². The van der Waals surface area contributed by atoms with E-state index in [1.165, 1.54) is 23.3 Å². The van der Waals surface area contributed by atoms with Gasteiger partial charge in [-0.3, -0.25) is 0 Å². The van der Waals surface area contributed by atoms with Gasteiger partial charge < -0.3 is 4.90 Å². The van der Waals surface area contributed by atoms with Gasteiger partial charge in [0, 0.05) is 23.2 Å². The van der Waals surface area contributed by atoms with E-state index in [0.717, 1.165) is 23.1 Å². The third-order valence-corrected chi connectivity index (χ3v) is 6.12. The number of benzene rings is 2. The van der Waals surface area contributed by atoms with Crippen LogP contribution in [-0.2, 0) is 22.8 Å². The van der Waals surface area contributed by atoms with E-state index in [2.05, 4.69) is 26.9 Å². The van der Waals surface area contributed by atoms with Gasteiger partial charge in [-0.2, -0.15) is 8.78 Å². The van der Waals surface area contributed by atoms with Crippen molar-refractivity contribution in [1.29, 1.82) is 0 Å². The van der Waals surface area contributed by atoms with Crippen LogP contribution in [0.2, 0.25) is 0 Å². The van der Waals surface area contributed by atoms with Crippen molar-refractivity contribution in [2.75, 3.05) is 11.4 Å². The van der Waals surface area contributed by atoms with Crippen molar-refractivity contribution in [1.82, 2.24) is 0 Å². The number of fused-ring (bicyclic) bond motifs is 1. The Morgan fingerprint density at radius 2 is 1.78 bits per heavy atom. The van der Waals surface area contributed by atoms with Crippen molar-refractivity contribution in [2.24, 2.45) is 0 Å². The monoisotopic (exact) mass is 401 g/mol. The molecule has 1 aliphatic heterocycles. The summed E-state index contributed by atoms with van der Waals surface area (Å²) in [6, 6.07) is 11.7. The van der Waals surface area contributed by atoms with Gasteiger partial charge in [0.15, 0.2) is 0 Å². The molecule has 0 atom stereocenters. The minimum absolute atomic E-state index is 0.352. The number of nitrogens with zero attached hydrogens (tertiary/aromatic N) is 1. The van der Waals surface area contributed by atoms with Crippen LogP contribution >= 0.6 is 15.9 Å². The lowest BCUT2D eigenvalue weighted by atomic mass is 9.99. The molecule has 2 aromatic carbocycles. The fourth-order valence-corrected chi connectivity index (χ4v) is 3.96. The van der Waals surface area contributed by atoms with Gasteiger partial charge in [0.2, 0.25) is 9.84 Å². The molecule has 0 aliphatic carbocycles. The van der Waals surface area contributed by atoms with Crippen LogP contribution in [0.1, 0.15) is 11.1 Å². The van der Waals surface area contributed by atoms with Gasteiger partial charge in [0.1, 0.15) is 0 Å². The van der Waals surface area contributed by atoms with Crippen molar-refractivity contribution in [2.45, 2.75) is 23.6 Å². The lowest BCUT2D eigenvalue weighted by Gasteiger charge is -2.31. The van der Waals surface area contributed by atoms with Gasteiger partial charge >= 0.3 is 5.76 Å². The minimum atomic E-state index is -4.54. The van der Waals surface area contributed by atoms with E-state index in [1.54, 1.807) is 12.1 Å². The molecule has 3 rings (SSSR count). The van der Waals surface area contributed by atoms with Crippen LogP contribution in [0.15, 0.2) is 51.8 Å². The molecule has 0 unspecified atom stereocenters. The van der Waals surface area contributed by atoms with Gasteiger partial charge in [-0.1, -0.05) is 28.1 Å². The van der Waals surface area contributed by atoms with Crippen LogP contribution in [0.3, 0.4) is 0 Å². The number of hydrogen-bond donors (Lipinski definition) is 0. The van der Waals surface area contributed by atoms with E-state index in [4.69, 9.17) is 0 Å². The summed E-state index contributed by atoms with van der Waals surface area (Å²) < 4.78 is 49.1. The van der Waals surface area contributed by atoms with Crippen LogP contribution in [0.4, 0.5) is 14.5 Å². The predicted molar refractivity (Wildman–Crippen MR) is 88.5 cm³/mol. The Morgan fingerprint density at radius 3 is 2.43 bits per heavy atom. The lowest BCUT2D eigenvalue weighted by molar-refractivity contribution is 0.234. The maximum Gasteiger partial charge on any atom is 0.341 e. The number of sulfone groups is 1. The minimum Gasteiger partial charge on any atom is -0.367 e. The lowest BCUT2D eigenvalue weighted by Crippen LogP contribution is -2.30. The highest BCUT2D eigenvalue weighted by Gasteiger charge is 2.26. The maximum atomic E-state index is 12.6. The van der Waals surface area contributed by atoms with Crippen LogP contribution in [0, 0.1) is 0 Å². The van der Waals surface area contributed by atoms with Crippen LogP contribution in [-0.4, -0.2) is 20.7 Å². The molecule has 0 bridgehead atoms. The Bertz CT molecular complexity index is 822. The third-order valence-electron chi connectivity index (χ3n) is 3.98. The summed E-state index contributed by atoms with van der Waals surface area (Å²) in [5, 5.41) is 0. The zero-order chi connectivity index (χ0) is 16.6. The maximum absolute atomic E-state index is 12.6. The van der Waals surface area contributed by atoms with Crippen LogP contribution in [0.5, 0.6) is 0 Å². The summed E-state index contributed by atoms with van der Waals surface area (Å²) >= 11 is 3.55. The molecule has 0 N–H and O–H groups in total. The highest BCUT2D eigenvalue weighted by Crippen LogP contribution is 2.30. The molecule has 0 aromatic heterocycles. The first-order valence-electron chi connectivity index (χ1n) is 7.03. The summed E-state index contributed by atoms with van der Waals surface area (Å²) in [7, 11) is -4.54. The van der Waals surface area contributed by atoms with Crippen LogP contribution in [0.25, 0.3) is 0 Å². The smallest absolute Gasteiger partial charge is 0.341 e. The van der Waals surface area contributed by atoms with E-state index in [0.29, 0.717) is 6.54 Å². The molecule has 7 heteroatoms. The number of rotatable bonds is 3. The molecule has 1 aliphatic rings. The van der Waals surface area contributed by atoms with Crippen molar-refractivity contribution in [3.8, 4) is 0 Å². The number of anilines is 1. The molecular weight excluding hydrogens is 388 g/mol. The van der Waals surface area contributed by atoms with Gasteiger partial charge in [-0.05, 0) is 47.9 Å². The normalized spacial score (nSPS) is 14.9. The Labute approximate surface area is 142 Å². The highest BCUT2D eigenvalue weighted by atomic mass is 79.9. The summed E-state index contributed by atoms with van der Waals surface area (Å²) in [4.78, 5) is 1.75. The Morgan fingerprint density at radius 1 is 1.09 bits per heavy atom. The summed E-state index contributed by atoms with van der Waals surface area (Å²) in [6.07, 6.45) is 0.881. The predicted octanol–water partition coefficient (Wildman–Crippen LogP) is 4.01. The Balaban J connectivity index is 1.86. The topological polar surface area (TPSA) is 37.4 Å². The first-order valence-corrected chi connectivity index (χ1v) is 9.37. The van der Waals surface area contributed by atoms with Crippen molar-refractivity contribution in [3.63, 3.8) is 0 Å². The average Bonchev–Trinajstić information content (AvgIpc) is 2.55. The van der Waals surface area contributed by atoms with E-state index >= 15 is 0 Å². The molecule has 0 spiro atoms. The molecule has 23 heavy (non-hydrogen) atoms. The molecule has 0 saturated carbocycles. The number of alkyl halides is 2. The second-order valence-corrected chi connectivity index (χ2v) is 8.12. The Kier molecular flexibility index (Phi) is 4.42. The fourth-order valence-electron chi connectivity index (χ4n) is 2.71. The molecule has 122 valence electrons. The molecule has 0 fully saturated rings. The summed E-state index contributed by atoms with van der Waals surface area (Å²) in [6.45, 7) is 1.49. The van der Waals surface area contributed by atoms with E-state index in [9.17, 15) is 17.2 Å². The first-order chi connectivity index (χ1) is 10.9. The number of hydrogen-bond acceptors (Lipinski definition) is 3. The van der Waals surface area contributed by atoms with Crippen molar-refractivity contribution in [3.05, 3.63) is 58.1 Å². The fraction of sp³-hybridized carbons (Fsp3) is 0.250. The summed E-state index contributed by atoms with van der Waals surface area (Å²) in [5.74, 6) is -3.40. The zero-order valence-electron chi connectivity index (χ0n) is 12.0. The Hall–Kier alpha value is -1.47. The molecule has 3 nitrogen and oxygen atoms in total. The first kappa shape index (κ1) is 16.4. The quantitative estimate of drug-likeness (QED) is 0.779. The van der Waals surface area contributed by atoms with Crippen molar-refractivity contribution >= 4 is 31.5 Å². The summed E-state index contributed by atoms with van der Waals surface area (Å²) in [5.41, 5.74) is 3.30. The standard InChI is InChI=1S/C16H14BrF2NO2S/c17-15-3-1-2-11-8-9-20(10-14(11)15)12-4-6-13(7-5-12)23(21,22)16(18)19/h1-7,16H,8-10H2. The molecule has 0 radical (unpaired) electrons. The van der Waals surface area contributed by atoms with E-state index in [1.807, 2.05) is 12.1 Å². The molecule has 1 heterocycles. The molecule has 0 saturated heterocycles. The van der Waals surface area contributed by atoms with Gasteiger partial charge in [-0.15, -0.1) is 0 Å². The SMILES string of the molecule is O=S(=O)(c1ccc(N2CCc3cccc(Br)c3C2)cc1)C(F)F. The van der Waals surface area contributed by atoms with Gasteiger partial charge in [-0.25, -0.2) is 8.42 Å². The molecule has 2 aromatic rings. The third kappa shape index (κ3) is 3.12. The molecule has 0 amide bonds.